The number of thiazole rings is 1. The molecule has 3 aromatic heterocycles. The van der Waals surface area contributed by atoms with Crippen LogP contribution in [-0.4, -0.2) is 38.4 Å². The van der Waals surface area contributed by atoms with Crippen LogP contribution in [0.5, 0.6) is 0 Å². The fourth-order valence-corrected chi connectivity index (χ4v) is 4.12. The lowest BCUT2D eigenvalue weighted by Crippen LogP contribution is -2.32. The number of pyridine rings is 1. The van der Waals surface area contributed by atoms with Crippen molar-refractivity contribution in [3.63, 3.8) is 0 Å². The summed E-state index contributed by atoms with van der Waals surface area (Å²) in [5, 5.41) is 10.9. The molecule has 4 rings (SSSR count). The van der Waals surface area contributed by atoms with Gasteiger partial charge in [0.15, 0.2) is 5.13 Å². The van der Waals surface area contributed by atoms with E-state index in [1.807, 2.05) is 41.8 Å². The predicted octanol–water partition coefficient (Wildman–Crippen LogP) is 4.57. The van der Waals surface area contributed by atoms with Gasteiger partial charge >= 0.3 is 0 Å². The number of anilines is 1. The molecular weight excluding hydrogens is 418 g/mol. The van der Waals surface area contributed by atoms with Gasteiger partial charge in [-0.2, -0.15) is 0 Å². The number of carbonyl (C=O) groups is 1. The number of carbonyl (C=O) groups excluding carboxylic acids is 1. The molecule has 1 amide bonds. The van der Waals surface area contributed by atoms with Crippen molar-refractivity contribution in [1.29, 1.82) is 0 Å². The van der Waals surface area contributed by atoms with Crippen LogP contribution < -0.4 is 4.90 Å². The first-order valence-electron chi connectivity index (χ1n) is 9.03. The fourth-order valence-electron chi connectivity index (χ4n) is 2.62. The Labute approximate surface area is 181 Å². The van der Waals surface area contributed by atoms with Crippen molar-refractivity contribution < 1.29 is 9.21 Å². The van der Waals surface area contributed by atoms with E-state index in [9.17, 15) is 4.79 Å². The van der Waals surface area contributed by atoms with E-state index in [0.717, 1.165) is 16.8 Å². The number of hydrogen-bond acceptors (Lipinski definition) is 8. The maximum absolute atomic E-state index is 12.9. The van der Waals surface area contributed by atoms with Gasteiger partial charge in [-0.05, 0) is 12.1 Å². The van der Waals surface area contributed by atoms with Crippen molar-refractivity contribution in [2.45, 2.75) is 5.22 Å². The highest BCUT2D eigenvalue weighted by atomic mass is 32.2. The smallest absolute Gasteiger partial charge is 0.277 e. The Morgan fingerprint density at radius 2 is 2.00 bits per heavy atom. The minimum Gasteiger partial charge on any atom is -0.411 e. The Morgan fingerprint density at radius 3 is 2.77 bits per heavy atom. The second-order valence-corrected chi connectivity index (χ2v) is 7.84. The number of hydrogen-bond donors (Lipinski definition) is 0. The average molecular weight is 436 g/mol. The van der Waals surface area contributed by atoms with Crippen molar-refractivity contribution in [3.05, 3.63) is 72.9 Å². The van der Waals surface area contributed by atoms with E-state index in [1.165, 1.54) is 23.1 Å². The van der Waals surface area contributed by atoms with E-state index in [-0.39, 0.29) is 11.7 Å². The minimum absolute atomic E-state index is 0.116. The molecule has 150 valence electrons. The highest BCUT2D eigenvalue weighted by molar-refractivity contribution is 7.99. The summed E-state index contributed by atoms with van der Waals surface area (Å²) in [6.07, 6.45) is 5.00. The molecule has 7 nitrogen and oxygen atoms in total. The molecule has 0 bridgehead atoms. The monoisotopic (exact) mass is 435 g/mol. The molecule has 0 aliphatic heterocycles. The van der Waals surface area contributed by atoms with Gasteiger partial charge < -0.3 is 4.42 Å². The molecule has 0 atom stereocenters. The number of aromatic nitrogens is 4. The number of rotatable bonds is 8. The standard InChI is InChI=1S/C21H17N5O2S2/c1-2-11-26(20-23-17(13-29-20)15-7-4-3-5-8-15)18(27)14-30-21-25-24-19(28-21)16-9-6-10-22-12-16/h2-10,12-13H,1,11,14H2. The third-order valence-electron chi connectivity index (χ3n) is 4.04. The number of nitrogens with zero attached hydrogens (tertiary/aromatic N) is 5. The zero-order valence-corrected chi connectivity index (χ0v) is 17.5. The van der Waals surface area contributed by atoms with Crippen molar-refractivity contribution in [3.8, 4) is 22.7 Å². The van der Waals surface area contributed by atoms with Gasteiger partial charge in [0.1, 0.15) is 0 Å². The Bertz CT molecular complexity index is 1130. The summed E-state index contributed by atoms with van der Waals surface area (Å²) in [7, 11) is 0. The quantitative estimate of drug-likeness (QED) is 0.296. The molecule has 0 radical (unpaired) electrons. The summed E-state index contributed by atoms with van der Waals surface area (Å²) in [6.45, 7) is 4.12. The van der Waals surface area contributed by atoms with E-state index in [0.29, 0.717) is 22.8 Å². The minimum atomic E-state index is -0.116. The summed E-state index contributed by atoms with van der Waals surface area (Å²) < 4.78 is 5.62. The van der Waals surface area contributed by atoms with Crippen molar-refractivity contribution in [2.75, 3.05) is 17.2 Å². The molecule has 0 N–H and O–H groups in total. The molecule has 0 unspecified atom stereocenters. The molecule has 0 saturated heterocycles. The van der Waals surface area contributed by atoms with E-state index >= 15 is 0 Å². The van der Waals surface area contributed by atoms with E-state index in [1.54, 1.807) is 29.4 Å². The zero-order chi connectivity index (χ0) is 20.8. The molecule has 0 saturated carbocycles. The van der Waals surface area contributed by atoms with Crippen LogP contribution in [0.3, 0.4) is 0 Å². The molecule has 1 aromatic carbocycles. The summed E-state index contributed by atoms with van der Waals surface area (Å²) in [4.78, 5) is 23.1. The van der Waals surface area contributed by atoms with Gasteiger partial charge in [-0.25, -0.2) is 4.98 Å². The van der Waals surface area contributed by atoms with Crippen LogP contribution in [0, 0.1) is 0 Å². The van der Waals surface area contributed by atoms with Crippen LogP contribution in [-0.2, 0) is 4.79 Å². The first-order valence-corrected chi connectivity index (χ1v) is 10.9. The van der Waals surface area contributed by atoms with Crippen molar-refractivity contribution in [2.24, 2.45) is 0 Å². The first-order chi connectivity index (χ1) is 14.7. The number of benzene rings is 1. The molecule has 0 fully saturated rings. The molecule has 3 heterocycles. The van der Waals surface area contributed by atoms with Crippen LogP contribution in [0.4, 0.5) is 5.13 Å². The lowest BCUT2D eigenvalue weighted by molar-refractivity contribution is -0.116. The zero-order valence-electron chi connectivity index (χ0n) is 15.8. The second kappa shape index (κ2) is 9.47. The van der Waals surface area contributed by atoms with Crippen molar-refractivity contribution >= 4 is 34.1 Å². The van der Waals surface area contributed by atoms with E-state index < -0.39 is 0 Å². The van der Waals surface area contributed by atoms with Crippen LogP contribution in [0.15, 0.2) is 82.5 Å². The highest BCUT2D eigenvalue weighted by Gasteiger charge is 2.20. The Kier molecular flexibility index (Phi) is 6.31. The van der Waals surface area contributed by atoms with Gasteiger partial charge in [0.2, 0.25) is 11.8 Å². The maximum Gasteiger partial charge on any atom is 0.277 e. The molecule has 0 aliphatic carbocycles. The Hall–Kier alpha value is -3.30. The molecule has 30 heavy (non-hydrogen) atoms. The first kappa shape index (κ1) is 20.0. The summed E-state index contributed by atoms with van der Waals surface area (Å²) >= 11 is 2.61. The Morgan fingerprint density at radius 1 is 1.17 bits per heavy atom. The third-order valence-corrected chi connectivity index (χ3v) is 5.71. The van der Waals surface area contributed by atoms with Crippen LogP contribution in [0.1, 0.15) is 0 Å². The highest BCUT2D eigenvalue weighted by Crippen LogP contribution is 2.29. The average Bonchev–Trinajstić information content (AvgIpc) is 3.47. The summed E-state index contributed by atoms with van der Waals surface area (Å²) in [5.74, 6) is 0.395. The molecule has 9 heteroatoms. The molecule has 4 aromatic rings. The fraction of sp³-hybridized carbons (Fsp3) is 0.0952. The van der Waals surface area contributed by atoms with E-state index in [2.05, 4.69) is 26.7 Å². The molecular formula is C21H17N5O2S2. The lowest BCUT2D eigenvalue weighted by Gasteiger charge is -2.17. The van der Waals surface area contributed by atoms with Gasteiger partial charge in [-0.1, -0.05) is 48.2 Å². The number of thioether (sulfide) groups is 1. The van der Waals surface area contributed by atoms with Crippen molar-refractivity contribution in [1.82, 2.24) is 20.2 Å². The van der Waals surface area contributed by atoms with Crippen LogP contribution in [0.2, 0.25) is 0 Å². The predicted molar refractivity (Wildman–Crippen MR) is 118 cm³/mol. The third kappa shape index (κ3) is 4.64. The van der Waals surface area contributed by atoms with Crippen LogP contribution >= 0.6 is 23.1 Å². The number of amides is 1. The summed E-state index contributed by atoms with van der Waals surface area (Å²) in [6, 6.07) is 13.5. The lowest BCUT2D eigenvalue weighted by atomic mass is 10.2. The van der Waals surface area contributed by atoms with E-state index in [4.69, 9.17) is 4.42 Å². The molecule has 0 spiro atoms. The Balaban J connectivity index is 1.44. The SMILES string of the molecule is C=CCN(C(=O)CSc1nnc(-c2cccnc2)o1)c1nc(-c2ccccc2)cs1. The molecule has 0 aliphatic rings. The maximum atomic E-state index is 12.9. The van der Waals surface area contributed by atoms with Gasteiger partial charge in [0, 0.05) is 29.9 Å². The second-order valence-electron chi connectivity index (χ2n) is 6.08. The van der Waals surface area contributed by atoms with Crippen LogP contribution in [0.25, 0.3) is 22.7 Å². The van der Waals surface area contributed by atoms with Gasteiger partial charge in [0.05, 0.1) is 17.0 Å². The van der Waals surface area contributed by atoms with Gasteiger partial charge in [-0.3, -0.25) is 14.7 Å². The van der Waals surface area contributed by atoms with Gasteiger partial charge in [0.25, 0.3) is 5.22 Å². The summed E-state index contributed by atoms with van der Waals surface area (Å²) in [5.41, 5.74) is 2.57. The topological polar surface area (TPSA) is 85.0 Å². The normalized spacial score (nSPS) is 10.7. The largest absolute Gasteiger partial charge is 0.411 e. The van der Waals surface area contributed by atoms with Gasteiger partial charge in [-0.15, -0.1) is 28.1 Å².